The Morgan fingerprint density at radius 2 is 1.59 bits per heavy atom. The highest BCUT2D eigenvalue weighted by atomic mass is 16.5. The van der Waals surface area contributed by atoms with Crippen LogP contribution >= 0.6 is 0 Å². The molecule has 7 heteroatoms. The van der Waals surface area contributed by atoms with Crippen LogP contribution in [0, 0.1) is 5.92 Å². The maximum atomic E-state index is 12.9. The van der Waals surface area contributed by atoms with Crippen molar-refractivity contribution in [3.8, 4) is 11.1 Å². The topological polar surface area (TPSA) is 95.9 Å². The zero-order chi connectivity index (χ0) is 23.3. The lowest BCUT2D eigenvalue weighted by Crippen LogP contribution is -2.50. The number of amides is 2. The third-order valence-corrected chi connectivity index (χ3v) is 5.59. The largest absolute Gasteiger partial charge is 0.481 e. The molecule has 1 aliphatic carbocycles. The Morgan fingerprint density at radius 1 is 1.03 bits per heavy atom. The maximum Gasteiger partial charge on any atom is 0.407 e. The van der Waals surface area contributed by atoms with Crippen molar-refractivity contribution in [3.05, 3.63) is 59.7 Å². The van der Waals surface area contributed by atoms with Gasteiger partial charge in [0.1, 0.15) is 12.6 Å². The molecule has 0 heterocycles. The van der Waals surface area contributed by atoms with Gasteiger partial charge >= 0.3 is 12.1 Å². The summed E-state index contributed by atoms with van der Waals surface area (Å²) in [6.07, 6.45) is -1.30. The number of alkyl carbamates (subject to hydrolysis) is 1. The van der Waals surface area contributed by atoms with Crippen molar-refractivity contribution < 1.29 is 24.2 Å². The van der Waals surface area contributed by atoms with Gasteiger partial charge in [0.05, 0.1) is 6.42 Å². The van der Waals surface area contributed by atoms with Crippen molar-refractivity contribution in [2.45, 2.75) is 39.2 Å². The number of ether oxygens (including phenoxy) is 1. The molecule has 0 saturated heterocycles. The first-order chi connectivity index (χ1) is 15.3. The van der Waals surface area contributed by atoms with Crippen molar-refractivity contribution >= 4 is 18.0 Å². The monoisotopic (exact) mass is 438 g/mol. The SMILES string of the molecule is CCN(CC(C)C)C(=O)C(CC(=O)O)NC(=O)OCC1c2ccccc2-c2ccccc21. The van der Waals surface area contributed by atoms with Gasteiger partial charge in [-0.3, -0.25) is 9.59 Å². The molecule has 0 bridgehead atoms. The molecule has 0 fully saturated rings. The van der Waals surface area contributed by atoms with Crippen molar-refractivity contribution in [1.82, 2.24) is 10.2 Å². The van der Waals surface area contributed by atoms with Crippen molar-refractivity contribution in [2.75, 3.05) is 19.7 Å². The Hall–Kier alpha value is -3.35. The van der Waals surface area contributed by atoms with E-state index in [-0.39, 0.29) is 18.4 Å². The van der Waals surface area contributed by atoms with E-state index in [9.17, 15) is 19.5 Å². The van der Waals surface area contributed by atoms with Crippen molar-refractivity contribution in [1.29, 1.82) is 0 Å². The molecule has 0 spiro atoms. The highest BCUT2D eigenvalue weighted by molar-refractivity contribution is 5.89. The number of likely N-dealkylation sites (N-methyl/N-ethyl adjacent to an activating group) is 1. The Morgan fingerprint density at radius 3 is 2.09 bits per heavy atom. The van der Waals surface area contributed by atoms with Gasteiger partial charge in [-0.1, -0.05) is 62.4 Å². The number of hydrogen-bond donors (Lipinski definition) is 2. The quantitative estimate of drug-likeness (QED) is 0.620. The second-order valence-electron chi connectivity index (χ2n) is 8.39. The molecule has 32 heavy (non-hydrogen) atoms. The lowest BCUT2D eigenvalue weighted by molar-refractivity contribution is -0.142. The van der Waals surface area contributed by atoms with Crippen LogP contribution < -0.4 is 5.32 Å². The predicted molar refractivity (Wildman–Crippen MR) is 121 cm³/mol. The molecule has 0 aliphatic heterocycles. The number of carbonyl (C=O) groups excluding carboxylic acids is 2. The highest BCUT2D eigenvalue weighted by Crippen LogP contribution is 2.44. The molecule has 2 aromatic rings. The lowest BCUT2D eigenvalue weighted by Gasteiger charge is -2.27. The molecule has 170 valence electrons. The summed E-state index contributed by atoms with van der Waals surface area (Å²) in [6, 6.07) is 14.8. The minimum Gasteiger partial charge on any atom is -0.481 e. The van der Waals surface area contributed by atoms with Gasteiger partial charge in [-0.2, -0.15) is 0 Å². The van der Waals surface area contributed by atoms with Gasteiger partial charge in [-0.25, -0.2) is 4.79 Å². The van der Waals surface area contributed by atoms with Gasteiger partial charge < -0.3 is 20.1 Å². The number of aliphatic carboxylic acids is 1. The average molecular weight is 439 g/mol. The Kier molecular flexibility index (Phi) is 7.51. The number of carbonyl (C=O) groups is 3. The van der Waals surface area contributed by atoms with E-state index in [1.54, 1.807) is 4.90 Å². The standard InChI is InChI=1S/C25H30N2O5/c1-4-27(14-16(2)3)24(30)22(13-23(28)29)26-25(31)32-15-21-19-11-7-5-9-17(19)18-10-6-8-12-20(18)21/h5-12,16,21-22H,4,13-15H2,1-3H3,(H,26,31)(H,28,29). The summed E-state index contributed by atoms with van der Waals surface area (Å²) in [5, 5.41) is 11.7. The number of rotatable bonds is 9. The number of nitrogens with zero attached hydrogens (tertiary/aromatic N) is 1. The first kappa shape index (κ1) is 23.3. The number of nitrogens with one attached hydrogen (secondary N) is 1. The number of fused-ring (bicyclic) bond motifs is 3. The molecule has 1 unspecified atom stereocenters. The summed E-state index contributed by atoms with van der Waals surface area (Å²) in [6.45, 7) is 6.78. The van der Waals surface area contributed by atoms with Crippen LogP contribution in [-0.4, -0.2) is 53.7 Å². The number of benzene rings is 2. The number of carboxylic acid groups (broad SMARTS) is 1. The molecule has 0 saturated carbocycles. The van der Waals surface area contributed by atoms with E-state index in [2.05, 4.69) is 5.32 Å². The second kappa shape index (κ2) is 10.3. The molecular weight excluding hydrogens is 408 g/mol. The van der Waals surface area contributed by atoms with Gasteiger partial charge in [0.25, 0.3) is 0 Å². The molecule has 0 radical (unpaired) electrons. The summed E-state index contributed by atoms with van der Waals surface area (Å²) in [5.41, 5.74) is 4.38. The fourth-order valence-corrected chi connectivity index (χ4v) is 4.19. The summed E-state index contributed by atoms with van der Waals surface area (Å²) in [4.78, 5) is 38.3. The van der Waals surface area contributed by atoms with E-state index >= 15 is 0 Å². The molecule has 2 amide bonds. The van der Waals surface area contributed by atoms with Crippen LogP contribution in [0.3, 0.4) is 0 Å². The predicted octanol–water partition coefficient (Wildman–Crippen LogP) is 3.87. The Labute approximate surface area is 188 Å². The van der Waals surface area contributed by atoms with Gasteiger partial charge in [-0.05, 0) is 35.1 Å². The Bertz CT molecular complexity index is 942. The van der Waals surface area contributed by atoms with E-state index in [1.807, 2.05) is 69.3 Å². The van der Waals surface area contributed by atoms with Crippen LogP contribution in [0.15, 0.2) is 48.5 Å². The van der Waals surface area contributed by atoms with Gasteiger partial charge in [0.2, 0.25) is 5.91 Å². The maximum absolute atomic E-state index is 12.9. The van der Waals surface area contributed by atoms with E-state index in [0.29, 0.717) is 13.1 Å². The van der Waals surface area contributed by atoms with Crippen LogP contribution in [0.5, 0.6) is 0 Å². The zero-order valence-electron chi connectivity index (χ0n) is 18.7. The molecule has 2 aromatic carbocycles. The number of hydrogen-bond acceptors (Lipinski definition) is 4. The molecule has 2 N–H and O–H groups in total. The minimum atomic E-state index is -1.18. The third kappa shape index (κ3) is 5.28. The summed E-state index contributed by atoms with van der Waals surface area (Å²) in [7, 11) is 0. The summed E-state index contributed by atoms with van der Waals surface area (Å²) >= 11 is 0. The Balaban J connectivity index is 1.69. The average Bonchev–Trinajstić information content (AvgIpc) is 3.08. The third-order valence-electron chi connectivity index (χ3n) is 5.59. The number of carboxylic acids is 1. The molecule has 7 nitrogen and oxygen atoms in total. The van der Waals surface area contributed by atoms with E-state index in [0.717, 1.165) is 22.3 Å². The van der Waals surface area contributed by atoms with E-state index in [4.69, 9.17) is 4.74 Å². The second-order valence-corrected chi connectivity index (χ2v) is 8.39. The highest BCUT2D eigenvalue weighted by Gasteiger charge is 2.31. The molecule has 3 rings (SSSR count). The van der Waals surface area contributed by atoms with Crippen LogP contribution in [0.2, 0.25) is 0 Å². The minimum absolute atomic E-state index is 0.0946. The summed E-state index contributed by atoms with van der Waals surface area (Å²) in [5.74, 6) is -1.48. The smallest absolute Gasteiger partial charge is 0.407 e. The molecule has 1 atom stereocenters. The van der Waals surface area contributed by atoms with Crippen LogP contribution in [0.25, 0.3) is 11.1 Å². The van der Waals surface area contributed by atoms with Gasteiger partial charge in [0, 0.05) is 19.0 Å². The molecular formula is C25H30N2O5. The lowest BCUT2D eigenvalue weighted by atomic mass is 9.98. The van der Waals surface area contributed by atoms with Crippen LogP contribution in [-0.2, 0) is 14.3 Å². The van der Waals surface area contributed by atoms with Crippen LogP contribution in [0.4, 0.5) is 4.79 Å². The normalized spacial score (nSPS) is 13.2. The van der Waals surface area contributed by atoms with Gasteiger partial charge in [0.15, 0.2) is 0 Å². The summed E-state index contributed by atoms with van der Waals surface area (Å²) < 4.78 is 5.48. The molecule has 0 aromatic heterocycles. The fourth-order valence-electron chi connectivity index (χ4n) is 4.19. The first-order valence-electron chi connectivity index (χ1n) is 10.9. The van der Waals surface area contributed by atoms with Crippen molar-refractivity contribution in [2.24, 2.45) is 5.92 Å². The molecule has 1 aliphatic rings. The van der Waals surface area contributed by atoms with Crippen molar-refractivity contribution in [3.63, 3.8) is 0 Å². The van der Waals surface area contributed by atoms with E-state index in [1.165, 1.54) is 0 Å². The van der Waals surface area contributed by atoms with E-state index < -0.39 is 30.4 Å². The van der Waals surface area contributed by atoms with Gasteiger partial charge in [-0.15, -0.1) is 0 Å². The zero-order valence-corrected chi connectivity index (χ0v) is 18.7. The van der Waals surface area contributed by atoms with Crippen LogP contribution in [0.1, 0.15) is 44.2 Å². The first-order valence-corrected chi connectivity index (χ1v) is 10.9. The fraction of sp³-hybridized carbons (Fsp3) is 0.400.